The normalized spacial score (nSPS) is 15.1. The fourth-order valence-corrected chi connectivity index (χ4v) is 2.78. The van der Waals surface area contributed by atoms with Crippen LogP contribution in [0.1, 0.15) is 84.0 Å². The second-order valence-corrected chi connectivity index (χ2v) is 6.07. The third-order valence-corrected chi connectivity index (χ3v) is 4.11. The number of unbranched alkanes of at least 4 members (excludes halogenated alkanes) is 7. The smallest absolute Gasteiger partial charge is 0.396 e. The monoisotopic (exact) mass is 297 g/mol. The first-order chi connectivity index (χ1) is 10.2. The number of nitrogens with one attached hydrogen (secondary N) is 1. The van der Waals surface area contributed by atoms with Gasteiger partial charge in [0.2, 0.25) is 0 Å². The molecule has 0 saturated heterocycles. The molecule has 0 aromatic heterocycles. The lowest BCUT2D eigenvalue weighted by Crippen LogP contribution is -2.38. The number of carbonyl (C=O) groups excluding carboxylic acids is 2. The van der Waals surface area contributed by atoms with Gasteiger partial charge in [-0.25, -0.2) is 4.79 Å². The average Bonchev–Trinajstić information content (AvgIpc) is 2.98. The molecule has 0 bridgehead atoms. The van der Waals surface area contributed by atoms with Crippen LogP contribution in [0.15, 0.2) is 0 Å². The lowest BCUT2D eigenvalue weighted by molar-refractivity contribution is -0.155. The zero-order chi connectivity index (χ0) is 15.3. The van der Waals surface area contributed by atoms with Crippen LogP contribution in [-0.2, 0) is 14.3 Å². The summed E-state index contributed by atoms with van der Waals surface area (Å²) < 4.78 is 5.01. The van der Waals surface area contributed by atoms with Crippen molar-refractivity contribution in [3.8, 4) is 0 Å². The Bertz CT molecular complexity index is 298. The summed E-state index contributed by atoms with van der Waals surface area (Å²) in [4.78, 5) is 23.1. The van der Waals surface area contributed by atoms with Crippen molar-refractivity contribution >= 4 is 11.9 Å². The number of ether oxygens (including phenoxy) is 1. The number of hydrogen-bond donors (Lipinski definition) is 1. The third-order valence-electron chi connectivity index (χ3n) is 4.11. The zero-order valence-corrected chi connectivity index (χ0v) is 13.5. The predicted molar refractivity (Wildman–Crippen MR) is 84.0 cm³/mol. The summed E-state index contributed by atoms with van der Waals surface area (Å²) in [7, 11) is 0. The van der Waals surface area contributed by atoms with Crippen LogP contribution in [0.2, 0.25) is 0 Å². The van der Waals surface area contributed by atoms with Gasteiger partial charge in [-0.3, -0.25) is 4.79 Å². The van der Waals surface area contributed by atoms with E-state index >= 15 is 0 Å². The molecule has 1 amide bonds. The van der Waals surface area contributed by atoms with E-state index in [0.717, 1.165) is 38.5 Å². The Hall–Kier alpha value is -1.06. The van der Waals surface area contributed by atoms with E-state index in [9.17, 15) is 9.59 Å². The molecular formula is C17H31NO3. The number of hydrogen-bond acceptors (Lipinski definition) is 3. The highest BCUT2D eigenvalue weighted by atomic mass is 16.5. The van der Waals surface area contributed by atoms with Gasteiger partial charge in [0.1, 0.15) is 0 Å². The summed E-state index contributed by atoms with van der Waals surface area (Å²) in [6.07, 6.45) is 13.9. The quantitative estimate of drug-likeness (QED) is 0.380. The van der Waals surface area contributed by atoms with E-state index < -0.39 is 11.9 Å². The van der Waals surface area contributed by atoms with E-state index in [-0.39, 0.29) is 6.04 Å². The number of amides is 1. The van der Waals surface area contributed by atoms with E-state index in [1.807, 2.05) is 0 Å². The molecule has 1 aliphatic carbocycles. The van der Waals surface area contributed by atoms with Crippen LogP contribution >= 0.6 is 0 Å². The van der Waals surface area contributed by atoms with Crippen LogP contribution < -0.4 is 5.32 Å². The van der Waals surface area contributed by atoms with E-state index in [1.165, 1.54) is 38.5 Å². The number of rotatable bonds is 10. The van der Waals surface area contributed by atoms with Crippen LogP contribution in [0.4, 0.5) is 0 Å². The largest absolute Gasteiger partial charge is 0.459 e. The van der Waals surface area contributed by atoms with Crippen LogP contribution in [0.5, 0.6) is 0 Å². The molecule has 4 nitrogen and oxygen atoms in total. The molecule has 0 aromatic carbocycles. The summed E-state index contributed by atoms with van der Waals surface area (Å²) in [6, 6.07) is 0.174. The van der Waals surface area contributed by atoms with Crippen molar-refractivity contribution in [2.24, 2.45) is 0 Å². The fraction of sp³-hybridized carbons (Fsp3) is 0.882. The number of esters is 1. The van der Waals surface area contributed by atoms with Crippen molar-refractivity contribution in [2.45, 2.75) is 90.0 Å². The lowest BCUT2D eigenvalue weighted by Gasteiger charge is -2.11. The van der Waals surface area contributed by atoms with E-state index in [0.29, 0.717) is 6.61 Å². The minimum Gasteiger partial charge on any atom is -0.459 e. The average molecular weight is 297 g/mol. The van der Waals surface area contributed by atoms with Crippen LogP contribution in [0, 0.1) is 0 Å². The highest BCUT2D eigenvalue weighted by Gasteiger charge is 2.22. The molecule has 1 saturated carbocycles. The molecule has 0 unspecified atom stereocenters. The first kappa shape index (κ1) is 18.0. The van der Waals surface area contributed by atoms with Gasteiger partial charge in [0, 0.05) is 6.04 Å². The van der Waals surface area contributed by atoms with Crippen molar-refractivity contribution in [3.05, 3.63) is 0 Å². The molecule has 122 valence electrons. The fourth-order valence-electron chi connectivity index (χ4n) is 2.78. The van der Waals surface area contributed by atoms with E-state index in [2.05, 4.69) is 12.2 Å². The van der Waals surface area contributed by atoms with Crippen LogP contribution in [0.25, 0.3) is 0 Å². The van der Waals surface area contributed by atoms with Crippen molar-refractivity contribution in [2.75, 3.05) is 6.61 Å². The summed E-state index contributed by atoms with van der Waals surface area (Å²) in [6.45, 7) is 2.59. The van der Waals surface area contributed by atoms with Gasteiger partial charge in [-0.1, -0.05) is 64.7 Å². The van der Waals surface area contributed by atoms with Gasteiger partial charge in [-0.15, -0.1) is 0 Å². The van der Waals surface area contributed by atoms with Gasteiger partial charge >= 0.3 is 11.9 Å². The zero-order valence-electron chi connectivity index (χ0n) is 13.5. The maximum Gasteiger partial charge on any atom is 0.396 e. The standard InChI is InChI=1S/C17H31NO3/c1-2-3-4-5-6-7-8-11-14-21-17(20)16(19)18-15-12-9-10-13-15/h15H,2-14H2,1H3,(H,18,19). The van der Waals surface area contributed by atoms with Gasteiger partial charge in [0.25, 0.3) is 0 Å². The SMILES string of the molecule is CCCCCCCCCCOC(=O)C(=O)NC1CCCC1. The molecule has 0 aliphatic heterocycles. The lowest BCUT2D eigenvalue weighted by atomic mass is 10.1. The molecule has 0 heterocycles. The maximum absolute atomic E-state index is 11.6. The topological polar surface area (TPSA) is 55.4 Å². The summed E-state index contributed by atoms with van der Waals surface area (Å²) >= 11 is 0. The molecule has 4 heteroatoms. The van der Waals surface area contributed by atoms with Gasteiger partial charge in [-0.05, 0) is 19.3 Å². The van der Waals surface area contributed by atoms with E-state index in [4.69, 9.17) is 4.74 Å². The molecular weight excluding hydrogens is 266 g/mol. The van der Waals surface area contributed by atoms with Gasteiger partial charge in [-0.2, -0.15) is 0 Å². The molecule has 21 heavy (non-hydrogen) atoms. The van der Waals surface area contributed by atoms with Gasteiger partial charge < -0.3 is 10.1 Å². The second kappa shape index (κ2) is 11.6. The summed E-state index contributed by atoms with van der Waals surface area (Å²) in [5, 5.41) is 2.75. The van der Waals surface area contributed by atoms with Crippen molar-refractivity contribution in [3.63, 3.8) is 0 Å². The second-order valence-electron chi connectivity index (χ2n) is 6.07. The Labute approximate surface area is 129 Å². The maximum atomic E-state index is 11.6. The summed E-state index contributed by atoms with van der Waals surface area (Å²) in [5.41, 5.74) is 0. The molecule has 1 rings (SSSR count). The molecule has 0 spiro atoms. The molecule has 1 aliphatic rings. The summed E-state index contributed by atoms with van der Waals surface area (Å²) in [5.74, 6) is -1.29. The van der Waals surface area contributed by atoms with Crippen LogP contribution in [-0.4, -0.2) is 24.5 Å². The minimum absolute atomic E-state index is 0.174. The van der Waals surface area contributed by atoms with E-state index in [1.54, 1.807) is 0 Å². The van der Waals surface area contributed by atoms with Gasteiger partial charge in [0.05, 0.1) is 6.61 Å². The first-order valence-electron chi connectivity index (χ1n) is 8.71. The Morgan fingerprint density at radius 1 is 0.952 bits per heavy atom. The molecule has 0 radical (unpaired) electrons. The molecule has 0 aromatic rings. The first-order valence-corrected chi connectivity index (χ1v) is 8.71. The number of carbonyl (C=O) groups is 2. The molecule has 1 N–H and O–H groups in total. The van der Waals surface area contributed by atoms with Crippen molar-refractivity contribution in [1.82, 2.24) is 5.32 Å². The Kier molecular flexibility index (Phi) is 9.92. The Morgan fingerprint density at radius 2 is 1.52 bits per heavy atom. The Balaban J connectivity index is 1.91. The van der Waals surface area contributed by atoms with Gasteiger partial charge in [0.15, 0.2) is 0 Å². The van der Waals surface area contributed by atoms with Crippen molar-refractivity contribution in [1.29, 1.82) is 0 Å². The predicted octanol–water partition coefficient (Wildman–Crippen LogP) is 3.73. The van der Waals surface area contributed by atoms with Crippen molar-refractivity contribution < 1.29 is 14.3 Å². The third kappa shape index (κ3) is 8.74. The molecule has 1 fully saturated rings. The van der Waals surface area contributed by atoms with Crippen LogP contribution in [0.3, 0.4) is 0 Å². The highest BCUT2D eigenvalue weighted by Crippen LogP contribution is 2.17. The highest BCUT2D eigenvalue weighted by molar-refractivity contribution is 6.32. The minimum atomic E-state index is -0.718. The molecule has 0 atom stereocenters. The Morgan fingerprint density at radius 3 is 2.14 bits per heavy atom.